The van der Waals surface area contributed by atoms with Crippen LogP contribution in [0.25, 0.3) is 5.65 Å². The summed E-state index contributed by atoms with van der Waals surface area (Å²) in [5, 5.41) is 3.15. The van der Waals surface area contributed by atoms with Crippen LogP contribution in [0, 0.1) is 6.92 Å². The van der Waals surface area contributed by atoms with Crippen molar-refractivity contribution in [3.05, 3.63) is 35.8 Å². The molecule has 1 aliphatic carbocycles. The molecular formula is C17H21N3O3. The van der Waals surface area contributed by atoms with Crippen LogP contribution in [0.2, 0.25) is 0 Å². The minimum Gasteiger partial charge on any atom is -0.373 e. The Kier molecular flexibility index (Phi) is 3.79. The Morgan fingerprint density at radius 3 is 2.96 bits per heavy atom. The topological polar surface area (TPSA) is 64.9 Å². The minimum atomic E-state index is -0.0682. The maximum Gasteiger partial charge on any atom is 0.270 e. The molecule has 0 bridgehead atoms. The number of nitrogens with zero attached hydrogens (tertiary/aromatic N) is 2. The monoisotopic (exact) mass is 315 g/mol. The highest BCUT2D eigenvalue weighted by molar-refractivity contribution is 5.94. The number of imidazole rings is 1. The van der Waals surface area contributed by atoms with E-state index in [9.17, 15) is 4.79 Å². The van der Waals surface area contributed by atoms with Crippen LogP contribution in [-0.2, 0) is 9.47 Å². The van der Waals surface area contributed by atoms with Gasteiger partial charge in [0.15, 0.2) is 0 Å². The molecule has 0 aromatic carbocycles. The van der Waals surface area contributed by atoms with Crippen molar-refractivity contribution in [2.45, 2.75) is 44.4 Å². The second kappa shape index (κ2) is 5.94. The van der Waals surface area contributed by atoms with E-state index < -0.39 is 0 Å². The smallest absolute Gasteiger partial charge is 0.270 e. The van der Waals surface area contributed by atoms with Crippen LogP contribution >= 0.6 is 0 Å². The number of pyridine rings is 1. The van der Waals surface area contributed by atoms with E-state index in [1.54, 1.807) is 0 Å². The highest BCUT2D eigenvalue weighted by atomic mass is 16.6. The van der Waals surface area contributed by atoms with Crippen LogP contribution in [0.15, 0.2) is 24.4 Å². The summed E-state index contributed by atoms with van der Waals surface area (Å²) in [7, 11) is 0. The zero-order valence-corrected chi connectivity index (χ0v) is 13.2. The van der Waals surface area contributed by atoms with E-state index in [0.29, 0.717) is 18.9 Å². The Hall–Kier alpha value is -1.92. The molecule has 122 valence electrons. The van der Waals surface area contributed by atoms with Crippen molar-refractivity contribution < 1.29 is 14.3 Å². The molecule has 2 aromatic rings. The van der Waals surface area contributed by atoms with E-state index >= 15 is 0 Å². The Labute approximate surface area is 134 Å². The number of hydrogen-bond donors (Lipinski definition) is 1. The molecule has 3 unspecified atom stereocenters. The van der Waals surface area contributed by atoms with Crippen LogP contribution < -0.4 is 5.32 Å². The third-order valence-electron chi connectivity index (χ3n) is 4.73. The molecule has 1 saturated carbocycles. The number of fused-ring (bicyclic) bond motifs is 2. The van der Waals surface area contributed by atoms with Crippen molar-refractivity contribution in [1.82, 2.24) is 14.7 Å². The maximum atomic E-state index is 12.7. The minimum absolute atomic E-state index is 0.0682. The molecule has 2 fully saturated rings. The fraction of sp³-hybridized carbons (Fsp3) is 0.529. The van der Waals surface area contributed by atoms with Crippen LogP contribution in [0.1, 0.15) is 35.4 Å². The Balaban J connectivity index is 1.50. The summed E-state index contributed by atoms with van der Waals surface area (Å²) in [6, 6.07) is 5.86. The van der Waals surface area contributed by atoms with E-state index in [1.165, 1.54) is 0 Å². The quantitative estimate of drug-likeness (QED) is 0.916. The highest BCUT2D eigenvalue weighted by Crippen LogP contribution is 2.27. The third-order valence-corrected chi connectivity index (χ3v) is 4.73. The van der Waals surface area contributed by atoms with Crippen LogP contribution in [0.3, 0.4) is 0 Å². The molecule has 4 rings (SSSR count). The van der Waals surface area contributed by atoms with Gasteiger partial charge in [-0.25, -0.2) is 4.98 Å². The lowest BCUT2D eigenvalue weighted by Gasteiger charge is -2.39. The van der Waals surface area contributed by atoms with Gasteiger partial charge in [-0.15, -0.1) is 0 Å². The fourth-order valence-corrected chi connectivity index (χ4v) is 3.64. The van der Waals surface area contributed by atoms with Gasteiger partial charge < -0.3 is 14.8 Å². The molecule has 1 N–H and O–H groups in total. The van der Waals surface area contributed by atoms with Gasteiger partial charge in [0.05, 0.1) is 31.1 Å². The number of nitrogens with one attached hydrogen (secondary N) is 1. The van der Waals surface area contributed by atoms with Gasteiger partial charge in [-0.3, -0.25) is 9.20 Å². The molecule has 23 heavy (non-hydrogen) atoms. The number of carbonyl (C=O) groups excluding carboxylic acids is 1. The van der Waals surface area contributed by atoms with Gasteiger partial charge in [0.1, 0.15) is 11.3 Å². The van der Waals surface area contributed by atoms with Crippen molar-refractivity contribution in [1.29, 1.82) is 0 Å². The molecule has 0 spiro atoms. The average molecular weight is 315 g/mol. The summed E-state index contributed by atoms with van der Waals surface area (Å²) < 4.78 is 13.4. The predicted molar refractivity (Wildman–Crippen MR) is 84.5 cm³/mol. The molecule has 1 amide bonds. The molecular weight excluding hydrogens is 294 g/mol. The Morgan fingerprint density at radius 1 is 1.26 bits per heavy atom. The first-order valence-electron chi connectivity index (χ1n) is 8.20. The number of ether oxygens (including phenoxy) is 2. The number of aryl methyl sites for hydroxylation is 1. The standard InChI is InChI=1S/C17H21N3O3/c1-11-16(20-7-3-2-4-15(20)18-11)17(21)19-12-5-6-13-14(10-12)23-9-8-22-13/h2-4,7,12-14H,5-6,8-10H2,1H3,(H,19,21). The second-order valence-corrected chi connectivity index (χ2v) is 6.28. The highest BCUT2D eigenvalue weighted by Gasteiger charge is 2.35. The summed E-state index contributed by atoms with van der Waals surface area (Å²) in [4.78, 5) is 17.2. The summed E-state index contributed by atoms with van der Waals surface area (Å²) in [6.45, 7) is 3.20. The fourth-order valence-electron chi connectivity index (χ4n) is 3.64. The molecule has 6 nitrogen and oxygen atoms in total. The first kappa shape index (κ1) is 14.7. The lowest BCUT2D eigenvalue weighted by Crippen LogP contribution is -2.49. The van der Waals surface area contributed by atoms with Crippen molar-refractivity contribution in [3.8, 4) is 0 Å². The van der Waals surface area contributed by atoms with Crippen LogP contribution in [0.4, 0.5) is 0 Å². The van der Waals surface area contributed by atoms with Crippen molar-refractivity contribution in [3.63, 3.8) is 0 Å². The third kappa shape index (κ3) is 2.72. The largest absolute Gasteiger partial charge is 0.373 e. The molecule has 2 aromatic heterocycles. The first-order chi connectivity index (χ1) is 11.2. The lowest BCUT2D eigenvalue weighted by atomic mass is 9.89. The number of amides is 1. The second-order valence-electron chi connectivity index (χ2n) is 6.28. The number of carbonyl (C=O) groups is 1. The van der Waals surface area contributed by atoms with Crippen LogP contribution in [-0.4, -0.2) is 46.8 Å². The molecule has 6 heteroatoms. The van der Waals surface area contributed by atoms with Gasteiger partial charge >= 0.3 is 0 Å². The zero-order valence-electron chi connectivity index (χ0n) is 13.2. The van der Waals surface area contributed by atoms with E-state index in [1.807, 2.05) is 35.7 Å². The molecule has 2 aliphatic rings. The average Bonchev–Trinajstić information content (AvgIpc) is 2.90. The van der Waals surface area contributed by atoms with Crippen molar-refractivity contribution >= 4 is 11.6 Å². The van der Waals surface area contributed by atoms with Gasteiger partial charge in [-0.1, -0.05) is 6.07 Å². The summed E-state index contributed by atoms with van der Waals surface area (Å²) in [5.74, 6) is -0.0682. The lowest BCUT2D eigenvalue weighted by molar-refractivity contribution is -0.157. The summed E-state index contributed by atoms with van der Waals surface area (Å²) in [6.07, 6.45) is 4.83. The first-order valence-corrected chi connectivity index (χ1v) is 8.20. The van der Waals surface area contributed by atoms with E-state index in [0.717, 1.165) is 30.6 Å². The molecule has 3 atom stereocenters. The van der Waals surface area contributed by atoms with E-state index in [4.69, 9.17) is 9.47 Å². The predicted octanol–water partition coefficient (Wildman–Crippen LogP) is 1.71. The van der Waals surface area contributed by atoms with Crippen molar-refractivity contribution in [2.24, 2.45) is 0 Å². The van der Waals surface area contributed by atoms with Gasteiger partial charge in [0, 0.05) is 12.2 Å². The zero-order chi connectivity index (χ0) is 15.8. The molecule has 0 radical (unpaired) electrons. The number of aromatic nitrogens is 2. The molecule has 3 heterocycles. The summed E-state index contributed by atoms with van der Waals surface area (Å²) >= 11 is 0. The van der Waals surface area contributed by atoms with Gasteiger partial charge in [-0.05, 0) is 38.3 Å². The normalized spacial score (nSPS) is 27.6. The van der Waals surface area contributed by atoms with Gasteiger partial charge in [0.2, 0.25) is 0 Å². The Morgan fingerprint density at radius 2 is 2.09 bits per heavy atom. The Bertz CT molecular complexity index is 727. The molecule has 1 aliphatic heterocycles. The van der Waals surface area contributed by atoms with Crippen LogP contribution in [0.5, 0.6) is 0 Å². The van der Waals surface area contributed by atoms with Crippen molar-refractivity contribution in [2.75, 3.05) is 13.2 Å². The number of hydrogen-bond acceptors (Lipinski definition) is 4. The van der Waals surface area contributed by atoms with E-state index in [-0.39, 0.29) is 24.2 Å². The van der Waals surface area contributed by atoms with Gasteiger partial charge in [0.25, 0.3) is 5.91 Å². The van der Waals surface area contributed by atoms with E-state index in [2.05, 4.69) is 10.3 Å². The summed E-state index contributed by atoms with van der Waals surface area (Å²) in [5.41, 5.74) is 2.16. The molecule has 1 saturated heterocycles. The number of rotatable bonds is 2. The maximum absolute atomic E-state index is 12.7. The SMILES string of the molecule is Cc1nc2ccccn2c1C(=O)NC1CCC2OCCOC2C1. The van der Waals surface area contributed by atoms with Gasteiger partial charge in [-0.2, -0.15) is 0 Å².